The summed E-state index contributed by atoms with van der Waals surface area (Å²) in [6.07, 6.45) is 2.04. The fourth-order valence-corrected chi connectivity index (χ4v) is 3.35. The van der Waals surface area contributed by atoms with Gasteiger partial charge in [0.25, 0.3) is 0 Å². The molecule has 0 radical (unpaired) electrons. The summed E-state index contributed by atoms with van der Waals surface area (Å²) in [5.74, 6) is 1.64. The second kappa shape index (κ2) is 5.91. The number of benzene rings is 1. The summed E-state index contributed by atoms with van der Waals surface area (Å²) in [5.41, 5.74) is 2.13. The highest BCUT2D eigenvalue weighted by atomic mass is 16.5. The zero-order chi connectivity index (χ0) is 16.6. The van der Waals surface area contributed by atoms with Crippen molar-refractivity contribution in [2.45, 2.75) is 39.5 Å². The van der Waals surface area contributed by atoms with Crippen LogP contribution in [-0.2, 0) is 4.79 Å². The second-order valence-corrected chi connectivity index (χ2v) is 7.49. The van der Waals surface area contributed by atoms with Crippen molar-refractivity contribution in [2.75, 3.05) is 20.2 Å². The van der Waals surface area contributed by atoms with Gasteiger partial charge in [0.05, 0.1) is 7.11 Å². The molecular weight excluding hydrogens is 288 g/mol. The molecule has 1 aliphatic heterocycles. The van der Waals surface area contributed by atoms with Gasteiger partial charge in [0, 0.05) is 41.0 Å². The molecule has 3 rings (SSSR count). The number of rotatable bonds is 2. The van der Waals surface area contributed by atoms with Crippen LogP contribution in [0.2, 0.25) is 0 Å². The number of likely N-dealkylation sites (tertiary alicyclic amines) is 1. The number of amides is 1. The Hall–Kier alpha value is -1.97. The number of nitrogens with one attached hydrogen (secondary N) is 1. The maximum atomic E-state index is 12.4. The SMILES string of the molecule is COc1ccc2[nH]c(C3CCN(C(=O)C(C)(C)C)CC3)cc2c1. The molecule has 23 heavy (non-hydrogen) atoms. The van der Waals surface area contributed by atoms with Gasteiger partial charge in [0.15, 0.2) is 0 Å². The molecule has 1 amide bonds. The Kier molecular flexibility index (Phi) is 4.09. The summed E-state index contributed by atoms with van der Waals surface area (Å²) >= 11 is 0. The number of H-pyrrole nitrogens is 1. The fourth-order valence-electron chi connectivity index (χ4n) is 3.35. The van der Waals surface area contributed by atoms with E-state index in [0.29, 0.717) is 5.92 Å². The van der Waals surface area contributed by atoms with Crippen molar-refractivity contribution in [1.29, 1.82) is 0 Å². The zero-order valence-corrected chi connectivity index (χ0v) is 14.5. The molecule has 0 atom stereocenters. The number of carbonyl (C=O) groups is 1. The van der Waals surface area contributed by atoms with Crippen LogP contribution in [-0.4, -0.2) is 36.0 Å². The van der Waals surface area contributed by atoms with Crippen LogP contribution < -0.4 is 4.74 Å². The van der Waals surface area contributed by atoms with E-state index < -0.39 is 0 Å². The Labute approximate surface area is 137 Å². The normalized spacial score (nSPS) is 16.8. The molecule has 4 heteroatoms. The predicted octanol–water partition coefficient (Wildman–Crippen LogP) is 3.93. The van der Waals surface area contributed by atoms with E-state index in [-0.39, 0.29) is 11.3 Å². The lowest BCUT2D eigenvalue weighted by Crippen LogP contribution is -2.43. The summed E-state index contributed by atoms with van der Waals surface area (Å²) in [6, 6.07) is 8.33. The van der Waals surface area contributed by atoms with Gasteiger partial charge in [-0.1, -0.05) is 20.8 Å². The highest BCUT2D eigenvalue weighted by molar-refractivity contribution is 5.82. The van der Waals surface area contributed by atoms with Crippen LogP contribution in [0.3, 0.4) is 0 Å². The van der Waals surface area contributed by atoms with Gasteiger partial charge >= 0.3 is 0 Å². The average Bonchev–Trinajstić information content (AvgIpc) is 2.96. The van der Waals surface area contributed by atoms with E-state index in [9.17, 15) is 4.79 Å². The Morgan fingerprint density at radius 2 is 1.91 bits per heavy atom. The van der Waals surface area contributed by atoms with Gasteiger partial charge in [-0.2, -0.15) is 0 Å². The van der Waals surface area contributed by atoms with E-state index in [1.165, 1.54) is 11.1 Å². The maximum absolute atomic E-state index is 12.4. The molecule has 2 aromatic rings. The molecule has 0 spiro atoms. The van der Waals surface area contributed by atoms with Crippen molar-refractivity contribution >= 4 is 16.8 Å². The molecule has 1 aromatic heterocycles. The Morgan fingerprint density at radius 3 is 2.52 bits per heavy atom. The number of fused-ring (bicyclic) bond motifs is 1. The maximum Gasteiger partial charge on any atom is 0.227 e. The number of piperidine rings is 1. The molecule has 1 fully saturated rings. The largest absolute Gasteiger partial charge is 0.497 e. The summed E-state index contributed by atoms with van der Waals surface area (Å²) in [6.45, 7) is 7.67. The van der Waals surface area contributed by atoms with Gasteiger partial charge in [-0.05, 0) is 37.1 Å². The Morgan fingerprint density at radius 1 is 1.22 bits per heavy atom. The minimum atomic E-state index is -0.287. The Bertz CT molecular complexity index is 704. The number of hydrogen-bond donors (Lipinski definition) is 1. The van der Waals surface area contributed by atoms with Crippen LogP contribution >= 0.6 is 0 Å². The van der Waals surface area contributed by atoms with Crippen LogP contribution in [0.5, 0.6) is 5.75 Å². The molecule has 4 nitrogen and oxygen atoms in total. The molecule has 0 unspecified atom stereocenters. The lowest BCUT2D eigenvalue weighted by Gasteiger charge is -2.35. The van der Waals surface area contributed by atoms with Gasteiger partial charge in [0.2, 0.25) is 5.91 Å². The second-order valence-electron chi connectivity index (χ2n) is 7.49. The van der Waals surface area contributed by atoms with Crippen molar-refractivity contribution < 1.29 is 9.53 Å². The monoisotopic (exact) mass is 314 g/mol. The number of methoxy groups -OCH3 is 1. The van der Waals surface area contributed by atoms with Crippen molar-refractivity contribution in [3.05, 3.63) is 30.0 Å². The lowest BCUT2D eigenvalue weighted by atomic mass is 9.90. The van der Waals surface area contributed by atoms with Crippen molar-refractivity contribution in [3.8, 4) is 5.75 Å². The smallest absolute Gasteiger partial charge is 0.227 e. The number of ether oxygens (including phenoxy) is 1. The number of nitrogens with zero attached hydrogens (tertiary/aromatic N) is 1. The molecular formula is C19H26N2O2. The minimum Gasteiger partial charge on any atom is -0.497 e. The fraction of sp³-hybridized carbons (Fsp3) is 0.526. The van der Waals surface area contributed by atoms with E-state index in [0.717, 1.165) is 37.2 Å². The van der Waals surface area contributed by atoms with Crippen LogP contribution in [0, 0.1) is 5.41 Å². The first-order valence-electron chi connectivity index (χ1n) is 8.34. The predicted molar refractivity (Wildman–Crippen MR) is 92.9 cm³/mol. The van der Waals surface area contributed by atoms with Crippen molar-refractivity contribution in [3.63, 3.8) is 0 Å². The van der Waals surface area contributed by atoms with Crippen LogP contribution in [0.15, 0.2) is 24.3 Å². The van der Waals surface area contributed by atoms with Gasteiger partial charge in [-0.25, -0.2) is 0 Å². The average molecular weight is 314 g/mol. The summed E-state index contributed by atoms with van der Waals surface area (Å²) in [4.78, 5) is 17.9. The molecule has 0 bridgehead atoms. The van der Waals surface area contributed by atoms with E-state index in [1.807, 2.05) is 31.7 Å². The molecule has 1 aliphatic rings. The Balaban J connectivity index is 1.71. The van der Waals surface area contributed by atoms with E-state index in [2.05, 4.69) is 23.2 Å². The molecule has 0 aliphatic carbocycles. The van der Waals surface area contributed by atoms with Crippen LogP contribution in [0.25, 0.3) is 10.9 Å². The standard InChI is InChI=1S/C19H26N2O2/c1-19(2,3)18(22)21-9-7-13(8-10-21)17-12-14-11-15(23-4)5-6-16(14)20-17/h5-6,11-13,20H,7-10H2,1-4H3. The van der Waals surface area contributed by atoms with E-state index in [4.69, 9.17) is 4.74 Å². The molecule has 1 N–H and O–H groups in total. The number of aromatic amines is 1. The molecule has 124 valence electrons. The summed E-state index contributed by atoms with van der Waals surface area (Å²) < 4.78 is 5.29. The number of carbonyl (C=O) groups excluding carboxylic acids is 1. The summed E-state index contributed by atoms with van der Waals surface area (Å²) in [5, 5.41) is 1.19. The molecule has 0 saturated carbocycles. The van der Waals surface area contributed by atoms with Gasteiger partial charge in [0.1, 0.15) is 5.75 Å². The van der Waals surface area contributed by atoms with E-state index in [1.54, 1.807) is 7.11 Å². The molecule has 1 aromatic carbocycles. The minimum absolute atomic E-state index is 0.261. The van der Waals surface area contributed by atoms with Gasteiger partial charge in [-0.15, -0.1) is 0 Å². The van der Waals surface area contributed by atoms with E-state index >= 15 is 0 Å². The first-order valence-corrected chi connectivity index (χ1v) is 8.34. The van der Waals surface area contributed by atoms with Crippen LogP contribution in [0.1, 0.15) is 45.2 Å². The third-order valence-electron chi connectivity index (χ3n) is 4.71. The first-order chi connectivity index (χ1) is 10.9. The summed E-state index contributed by atoms with van der Waals surface area (Å²) in [7, 11) is 1.69. The zero-order valence-electron chi connectivity index (χ0n) is 14.5. The molecule has 2 heterocycles. The highest BCUT2D eigenvalue weighted by Gasteiger charge is 2.31. The van der Waals surface area contributed by atoms with Gasteiger partial charge < -0.3 is 14.6 Å². The first kappa shape index (κ1) is 15.9. The quantitative estimate of drug-likeness (QED) is 0.913. The topological polar surface area (TPSA) is 45.3 Å². The van der Waals surface area contributed by atoms with Gasteiger partial charge in [-0.3, -0.25) is 4.79 Å². The van der Waals surface area contributed by atoms with Crippen molar-refractivity contribution in [2.24, 2.45) is 5.41 Å². The lowest BCUT2D eigenvalue weighted by molar-refractivity contribution is -0.140. The van der Waals surface area contributed by atoms with Crippen LogP contribution in [0.4, 0.5) is 0 Å². The van der Waals surface area contributed by atoms with Crippen molar-refractivity contribution in [1.82, 2.24) is 9.88 Å². The number of aromatic nitrogens is 1. The highest BCUT2D eigenvalue weighted by Crippen LogP contribution is 2.32. The third-order valence-corrected chi connectivity index (χ3v) is 4.71. The molecule has 1 saturated heterocycles. The third kappa shape index (κ3) is 3.21. The number of hydrogen-bond acceptors (Lipinski definition) is 2.